The third kappa shape index (κ3) is 1.74. The van der Waals surface area contributed by atoms with Crippen LogP contribution in [0, 0.1) is 29.6 Å². The summed E-state index contributed by atoms with van der Waals surface area (Å²) in [5, 5.41) is 22.7. The van der Waals surface area contributed by atoms with Crippen molar-refractivity contribution >= 4 is 11.4 Å². The number of nitriles is 2. The van der Waals surface area contributed by atoms with Crippen LogP contribution in [0.4, 0.5) is 11.4 Å². The van der Waals surface area contributed by atoms with Gasteiger partial charge >= 0.3 is 0 Å². The van der Waals surface area contributed by atoms with Crippen LogP contribution in [0.15, 0.2) is 63.6 Å². The number of nitrogens with zero attached hydrogens (tertiary/aromatic N) is 3. The van der Waals surface area contributed by atoms with Gasteiger partial charge in [-0.15, -0.1) is 0 Å². The molecular weight excluding hydrogens is 302 g/mol. The smallest absolute Gasteiger partial charge is 0.131 e. The molecule has 6 heteroatoms. The Balaban J connectivity index is 1.98. The van der Waals surface area contributed by atoms with E-state index in [0.29, 0.717) is 34.3 Å². The monoisotopic (exact) mass is 315 g/mol. The lowest BCUT2D eigenvalue weighted by Gasteiger charge is -2.30. The van der Waals surface area contributed by atoms with Gasteiger partial charge in [-0.25, -0.2) is 0 Å². The molecule has 0 bridgehead atoms. The zero-order valence-corrected chi connectivity index (χ0v) is 12.9. The maximum absolute atomic E-state index is 9.77. The van der Waals surface area contributed by atoms with E-state index in [0.717, 1.165) is 11.4 Å². The fourth-order valence-electron chi connectivity index (χ4n) is 3.20. The zero-order valence-electron chi connectivity index (χ0n) is 12.9. The molecule has 1 atom stereocenters. The van der Waals surface area contributed by atoms with Gasteiger partial charge in [0.1, 0.15) is 23.2 Å². The van der Waals surface area contributed by atoms with Gasteiger partial charge in [-0.2, -0.15) is 10.5 Å². The Kier molecular flexibility index (Phi) is 2.88. The highest BCUT2D eigenvalue weighted by atomic mass is 16.3. The van der Waals surface area contributed by atoms with Crippen molar-refractivity contribution in [2.45, 2.75) is 12.8 Å². The van der Waals surface area contributed by atoms with Crippen LogP contribution < -0.4 is 16.0 Å². The van der Waals surface area contributed by atoms with Crippen molar-refractivity contribution in [2.75, 3.05) is 10.2 Å². The summed E-state index contributed by atoms with van der Waals surface area (Å²) in [6.07, 6.45) is 0. The van der Waals surface area contributed by atoms with Gasteiger partial charge in [0.25, 0.3) is 0 Å². The highest BCUT2D eigenvalue weighted by Gasteiger charge is 2.41. The molecule has 0 aliphatic carbocycles. The summed E-state index contributed by atoms with van der Waals surface area (Å²) in [6, 6.07) is 15.6. The number of benzene rings is 1. The van der Waals surface area contributed by atoms with Crippen molar-refractivity contribution in [1.29, 1.82) is 10.5 Å². The van der Waals surface area contributed by atoms with E-state index in [9.17, 15) is 10.5 Å². The molecule has 3 N–H and O–H groups in total. The first-order valence-corrected chi connectivity index (χ1v) is 7.42. The van der Waals surface area contributed by atoms with Crippen molar-refractivity contribution in [2.24, 2.45) is 5.73 Å². The summed E-state index contributed by atoms with van der Waals surface area (Å²) >= 11 is 0. The zero-order chi connectivity index (χ0) is 16.8. The normalized spacial score (nSPS) is 18.6. The minimum Gasteiger partial charge on any atom is -0.465 e. The first-order chi connectivity index (χ1) is 11.7. The summed E-state index contributed by atoms with van der Waals surface area (Å²) in [5.41, 5.74) is 8.68. The molecule has 6 nitrogen and oxygen atoms in total. The molecule has 1 aromatic heterocycles. The van der Waals surface area contributed by atoms with Crippen LogP contribution >= 0.6 is 0 Å². The van der Waals surface area contributed by atoms with Crippen molar-refractivity contribution in [3.05, 3.63) is 70.7 Å². The van der Waals surface area contributed by atoms with Crippen LogP contribution in [0.25, 0.3) is 0 Å². The van der Waals surface area contributed by atoms with Gasteiger partial charge in [0.15, 0.2) is 0 Å². The highest BCUT2D eigenvalue weighted by molar-refractivity contribution is 5.86. The van der Waals surface area contributed by atoms with Crippen LogP contribution in [-0.4, -0.2) is 0 Å². The van der Waals surface area contributed by atoms with Crippen molar-refractivity contribution in [3.63, 3.8) is 0 Å². The number of furan rings is 1. The van der Waals surface area contributed by atoms with Crippen LogP contribution in [0.2, 0.25) is 0 Å². The first-order valence-electron chi connectivity index (χ1n) is 7.42. The highest BCUT2D eigenvalue weighted by Crippen LogP contribution is 2.47. The molecule has 3 heterocycles. The van der Waals surface area contributed by atoms with Gasteiger partial charge in [-0.3, -0.25) is 4.90 Å². The van der Waals surface area contributed by atoms with E-state index in [2.05, 4.69) is 17.5 Å². The molecule has 116 valence electrons. The number of hydrogen-bond donors (Lipinski definition) is 2. The molecule has 0 radical (unpaired) electrons. The molecule has 4 rings (SSSR count). The maximum Gasteiger partial charge on any atom is 0.131 e. The lowest BCUT2D eigenvalue weighted by Crippen LogP contribution is -2.34. The van der Waals surface area contributed by atoms with Crippen LogP contribution in [0.3, 0.4) is 0 Å². The SMILES string of the molecule is Cc1ccc([C@@H]2C(C#N)=C(N)N3C(=C2C#N)Nc2ccccc23)o1. The van der Waals surface area contributed by atoms with Crippen LogP contribution in [0.1, 0.15) is 17.4 Å². The fraction of sp³-hybridized carbons (Fsp3) is 0.111. The van der Waals surface area contributed by atoms with E-state index >= 15 is 0 Å². The molecule has 24 heavy (non-hydrogen) atoms. The number of fused-ring (bicyclic) bond motifs is 3. The van der Waals surface area contributed by atoms with E-state index in [4.69, 9.17) is 10.2 Å². The molecule has 0 saturated heterocycles. The number of para-hydroxylation sites is 2. The Morgan fingerprint density at radius 1 is 1.12 bits per heavy atom. The Morgan fingerprint density at radius 3 is 2.54 bits per heavy atom. The molecule has 2 aliphatic heterocycles. The lowest BCUT2D eigenvalue weighted by molar-refractivity contribution is 0.475. The van der Waals surface area contributed by atoms with Gasteiger partial charge in [0.05, 0.1) is 40.6 Å². The average molecular weight is 315 g/mol. The van der Waals surface area contributed by atoms with E-state index < -0.39 is 5.92 Å². The summed E-state index contributed by atoms with van der Waals surface area (Å²) < 4.78 is 5.69. The van der Waals surface area contributed by atoms with E-state index in [1.807, 2.05) is 37.3 Å². The quantitative estimate of drug-likeness (QED) is 0.838. The largest absolute Gasteiger partial charge is 0.465 e. The second-order valence-corrected chi connectivity index (χ2v) is 5.64. The number of allylic oxidation sites excluding steroid dienone is 2. The minimum atomic E-state index is -0.609. The van der Waals surface area contributed by atoms with Gasteiger partial charge in [-0.1, -0.05) is 12.1 Å². The molecule has 0 amide bonds. The molecule has 2 aliphatic rings. The minimum absolute atomic E-state index is 0.308. The van der Waals surface area contributed by atoms with E-state index in [1.165, 1.54) is 0 Å². The number of hydrogen-bond acceptors (Lipinski definition) is 6. The molecule has 0 unspecified atom stereocenters. The summed E-state index contributed by atoms with van der Waals surface area (Å²) in [4.78, 5) is 1.72. The van der Waals surface area contributed by atoms with Crippen molar-refractivity contribution in [3.8, 4) is 12.1 Å². The molecular formula is C18H13N5O. The standard InChI is InChI=1S/C18H13N5O/c1-10-6-7-15(24-10)16-11(8-19)17(21)23-14-5-3-2-4-13(14)22-18(23)12(16)9-20/h2-7,16,22H,21H2,1H3/t16-/m1/s1. The molecule has 0 fully saturated rings. The Morgan fingerprint density at radius 2 is 1.88 bits per heavy atom. The van der Waals surface area contributed by atoms with Crippen LogP contribution in [-0.2, 0) is 0 Å². The number of rotatable bonds is 1. The van der Waals surface area contributed by atoms with Gasteiger partial charge in [-0.05, 0) is 31.2 Å². The fourth-order valence-corrected chi connectivity index (χ4v) is 3.20. The predicted octanol–water partition coefficient (Wildman–Crippen LogP) is 3.05. The third-order valence-electron chi connectivity index (χ3n) is 4.26. The molecule has 0 spiro atoms. The van der Waals surface area contributed by atoms with Gasteiger partial charge < -0.3 is 15.5 Å². The second kappa shape index (κ2) is 4.94. The Bertz CT molecular complexity index is 999. The van der Waals surface area contributed by atoms with E-state index in [-0.39, 0.29) is 0 Å². The number of anilines is 2. The van der Waals surface area contributed by atoms with Crippen molar-refractivity contribution < 1.29 is 4.42 Å². The first kappa shape index (κ1) is 14.0. The molecule has 1 aromatic carbocycles. The second-order valence-electron chi connectivity index (χ2n) is 5.64. The maximum atomic E-state index is 9.77. The average Bonchev–Trinajstić information content (AvgIpc) is 3.18. The Hall–Kier alpha value is -3.64. The third-order valence-corrected chi connectivity index (χ3v) is 4.26. The van der Waals surface area contributed by atoms with Gasteiger partial charge in [0, 0.05) is 0 Å². The van der Waals surface area contributed by atoms with Crippen LogP contribution in [0.5, 0.6) is 0 Å². The summed E-state index contributed by atoms with van der Waals surface area (Å²) in [7, 11) is 0. The molecule has 0 saturated carbocycles. The lowest BCUT2D eigenvalue weighted by atomic mass is 9.87. The Labute approximate surface area is 138 Å². The summed E-state index contributed by atoms with van der Waals surface area (Å²) in [6.45, 7) is 1.82. The number of aryl methyl sites for hydroxylation is 1. The summed E-state index contributed by atoms with van der Waals surface area (Å²) in [5.74, 6) is 1.53. The molecule has 2 aromatic rings. The number of nitrogens with two attached hydrogens (primary N) is 1. The van der Waals surface area contributed by atoms with Gasteiger partial charge in [0.2, 0.25) is 0 Å². The number of nitrogens with one attached hydrogen (secondary N) is 1. The van der Waals surface area contributed by atoms with Crippen molar-refractivity contribution in [1.82, 2.24) is 0 Å². The predicted molar refractivity (Wildman–Crippen MR) is 88.2 cm³/mol. The topological polar surface area (TPSA) is 102 Å². The van der Waals surface area contributed by atoms with E-state index in [1.54, 1.807) is 11.0 Å².